The Morgan fingerprint density at radius 3 is 2.23 bits per heavy atom. The van der Waals surface area contributed by atoms with Gasteiger partial charge < -0.3 is 4.90 Å². The predicted molar refractivity (Wildman–Crippen MR) is 108 cm³/mol. The van der Waals surface area contributed by atoms with E-state index in [1.54, 1.807) is 0 Å². The second kappa shape index (κ2) is 8.59. The first-order valence-corrected chi connectivity index (χ1v) is 10.7. The van der Waals surface area contributed by atoms with Gasteiger partial charge in [0.05, 0.1) is 17.4 Å². The van der Waals surface area contributed by atoms with E-state index in [-0.39, 0.29) is 5.69 Å². The summed E-state index contributed by atoms with van der Waals surface area (Å²) in [5, 5.41) is 4.29. The van der Waals surface area contributed by atoms with Gasteiger partial charge in [0.25, 0.3) is 5.91 Å². The van der Waals surface area contributed by atoms with Gasteiger partial charge in [0, 0.05) is 37.2 Å². The van der Waals surface area contributed by atoms with Crippen LogP contribution in [0.4, 0.5) is 13.2 Å². The van der Waals surface area contributed by atoms with Crippen molar-refractivity contribution in [2.75, 3.05) is 26.2 Å². The molecule has 1 aliphatic carbocycles. The fourth-order valence-electron chi connectivity index (χ4n) is 4.46. The Morgan fingerprint density at radius 2 is 1.63 bits per heavy atom. The topological polar surface area (TPSA) is 41.4 Å². The van der Waals surface area contributed by atoms with Gasteiger partial charge in [0.15, 0.2) is 5.69 Å². The first kappa shape index (κ1) is 21.2. The number of carbonyl (C=O) groups excluding carboxylic acids is 1. The maximum absolute atomic E-state index is 13.9. The van der Waals surface area contributed by atoms with Gasteiger partial charge in [-0.2, -0.15) is 18.3 Å². The number of rotatable bonds is 3. The lowest BCUT2D eigenvalue weighted by Crippen LogP contribution is -2.52. The number of hydrogen-bond acceptors (Lipinski definition) is 3. The van der Waals surface area contributed by atoms with Crippen LogP contribution >= 0.6 is 11.6 Å². The molecular weight excluding hydrogens is 417 g/mol. The van der Waals surface area contributed by atoms with Crippen LogP contribution in [-0.4, -0.2) is 57.7 Å². The summed E-state index contributed by atoms with van der Waals surface area (Å²) in [5.74, 6) is -0.620. The lowest BCUT2D eigenvalue weighted by atomic mass is 9.94. The Kier molecular flexibility index (Phi) is 6.06. The van der Waals surface area contributed by atoms with Crippen LogP contribution in [0.2, 0.25) is 5.02 Å². The number of carbonyl (C=O) groups is 1. The van der Waals surface area contributed by atoms with Gasteiger partial charge in [0.1, 0.15) is 0 Å². The Hall–Kier alpha value is -2.06. The van der Waals surface area contributed by atoms with Gasteiger partial charge in [-0.3, -0.25) is 9.69 Å². The molecule has 0 radical (unpaired) electrons. The summed E-state index contributed by atoms with van der Waals surface area (Å²) in [6.45, 7) is 2.25. The van der Waals surface area contributed by atoms with Crippen LogP contribution in [-0.2, 0) is 6.18 Å². The molecule has 2 aliphatic rings. The highest BCUT2D eigenvalue weighted by Gasteiger charge is 2.42. The normalized spacial score (nSPS) is 19.3. The number of benzene rings is 1. The van der Waals surface area contributed by atoms with E-state index in [0.717, 1.165) is 10.9 Å². The molecule has 0 spiro atoms. The number of amides is 1. The van der Waals surface area contributed by atoms with Gasteiger partial charge in [-0.05, 0) is 37.1 Å². The summed E-state index contributed by atoms with van der Waals surface area (Å²) in [5.41, 5.74) is -1.26. The first-order valence-electron chi connectivity index (χ1n) is 10.3. The van der Waals surface area contributed by atoms with Crippen LogP contribution in [0.1, 0.15) is 48.2 Å². The largest absolute Gasteiger partial charge is 0.434 e. The zero-order valence-electron chi connectivity index (χ0n) is 16.5. The van der Waals surface area contributed by atoms with Crippen molar-refractivity contribution in [2.24, 2.45) is 0 Å². The molecule has 1 aromatic carbocycles. The molecule has 1 saturated carbocycles. The zero-order valence-corrected chi connectivity index (χ0v) is 17.3. The highest BCUT2D eigenvalue weighted by atomic mass is 35.5. The van der Waals surface area contributed by atoms with Crippen molar-refractivity contribution in [3.63, 3.8) is 0 Å². The summed E-state index contributed by atoms with van der Waals surface area (Å²) >= 11 is 5.84. The van der Waals surface area contributed by atoms with E-state index >= 15 is 0 Å². The van der Waals surface area contributed by atoms with Crippen LogP contribution in [0.15, 0.2) is 30.5 Å². The minimum atomic E-state index is -4.72. The van der Waals surface area contributed by atoms with E-state index in [2.05, 4.69) is 10.00 Å². The molecule has 30 heavy (non-hydrogen) atoms. The molecule has 1 amide bonds. The van der Waals surface area contributed by atoms with Crippen LogP contribution in [0.25, 0.3) is 5.69 Å². The molecule has 2 heterocycles. The summed E-state index contributed by atoms with van der Waals surface area (Å²) in [7, 11) is 0. The van der Waals surface area contributed by atoms with Crippen molar-refractivity contribution >= 4 is 17.5 Å². The SMILES string of the molecule is O=C(c1cnn(-c2ccc(Cl)cc2)c1C(F)(F)F)N1CCN(C2CCCCC2)CC1. The lowest BCUT2D eigenvalue weighted by molar-refractivity contribution is -0.143. The number of halogens is 4. The second-order valence-electron chi connectivity index (χ2n) is 7.91. The molecule has 0 unspecified atom stereocenters. The van der Waals surface area contributed by atoms with Gasteiger partial charge in [0.2, 0.25) is 0 Å². The molecule has 1 aliphatic heterocycles. The lowest BCUT2D eigenvalue weighted by Gasteiger charge is -2.40. The fraction of sp³-hybridized carbons (Fsp3) is 0.524. The fourth-order valence-corrected chi connectivity index (χ4v) is 4.59. The number of hydrogen-bond donors (Lipinski definition) is 0. The van der Waals surface area contributed by atoms with Crippen molar-refractivity contribution in [1.29, 1.82) is 0 Å². The third kappa shape index (κ3) is 4.34. The van der Waals surface area contributed by atoms with Crippen molar-refractivity contribution in [3.8, 4) is 5.69 Å². The third-order valence-corrected chi connectivity index (χ3v) is 6.28. The molecule has 1 saturated heterocycles. The first-order chi connectivity index (χ1) is 14.3. The van der Waals surface area contributed by atoms with E-state index in [0.29, 0.717) is 37.2 Å². The Labute approximate surface area is 178 Å². The van der Waals surface area contributed by atoms with Gasteiger partial charge >= 0.3 is 6.18 Å². The van der Waals surface area contributed by atoms with Gasteiger partial charge in [-0.15, -0.1) is 0 Å². The Bertz CT molecular complexity index is 883. The Balaban J connectivity index is 1.53. The van der Waals surface area contributed by atoms with Crippen molar-refractivity contribution in [2.45, 2.75) is 44.3 Å². The maximum Gasteiger partial charge on any atom is 0.434 e. The minimum absolute atomic E-state index is 0.202. The predicted octanol–water partition coefficient (Wildman–Crippen LogP) is 4.64. The molecule has 0 atom stereocenters. The second-order valence-corrected chi connectivity index (χ2v) is 8.35. The molecule has 9 heteroatoms. The van der Waals surface area contributed by atoms with E-state index in [1.165, 1.54) is 61.3 Å². The molecule has 2 aromatic rings. The number of piperazine rings is 1. The highest BCUT2D eigenvalue weighted by Crippen LogP contribution is 2.34. The molecule has 0 N–H and O–H groups in total. The van der Waals surface area contributed by atoms with Crippen molar-refractivity contribution in [3.05, 3.63) is 46.7 Å². The van der Waals surface area contributed by atoms with E-state index in [9.17, 15) is 18.0 Å². The van der Waals surface area contributed by atoms with Crippen LogP contribution < -0.4 is 0 Å². The highest BCUT2D eigenvalue weighted by molar-refractivity contribution is 6.30. The standard InChI is InChI=1S/C21H24ClF3N4O/c22-15-6-8-17(9-7-15)29-19(21(23,24)25)18(14-26-29)20(30)28-12-10-27(11-13-28)16-4-2-1-3-5-16/h6-9,14,16H,1-5,10-13H2. The molecule has 5 nitrogen and oxygen atoms in total. The van der Waals surface area contributed by atoms with Crippen molar-refractivity contribution < 1.29 is 18.0 Å². The van der Waals surface area contributed by atoms with Crippen LogP contribution in [0, 0.1) is 0 Å². The molecule has 0 bridgehead atoms. The van der Waals surface area contributed by atoms with Gasteiger partial charge in [-0.1, -0.05) is 30.9 Å². The molecule has 162 valence electrons. The number of nitrogens with zero attached hydrogens (tertiary/aromatic N) is 4. The number of aromatic nitrogens is 2. The summed E-state index contributed by atoms with van der Waals surface area (Å²) in [6.07, 6.45) is 2.36. The summed E-state index contributed by atoms with van der Waals surface area (Å²) in [6, 6.07) is 6.41. The smallest absolute Gasteiger partial charge is 0.336 e. The van der Waals surface area contributed by atoms with E-state index in [1.807, 2.05) is 0 Å². The average molecular weight is 441 g/mol. The average Bonchev–Trinajstić information content (AvgIpc) is 3.20. The van der Waals surface area contributed by atoms with Crippen LogP contribution in [0.3, 0.4) is 0 Å². The monoisotopic (exact) mass is 440 g/mol. The van der Waals surface area contributed by atoms with Crippen molar-refractivity contribution in [1.82, 2.24) is 19.6 Å². The third-order valence-electron chi connectivity index (χ3n) is 6.03. The molecule has 2 fully saturated rings. The Morgan fingerprint density at radius 1 is 1.00 bits per heavy atom. The molecular formula is C21H24ClF3N4O. The molecule has 1 aromatic heterocycles. The van der Waals surface area contributed by atoms with E-state index < -0.39 is 23.3 Å². The summed E-state index contributed by atoms with van der Waals surface area (Å²) < 4.78 is 42.4. The summed E-state index contributed by atoms with van der Waals surface area (Å²) in [4.78, 5) is 16.9. The quantitative estimate of drug-likeness (QED) is 0.698. The van der Waals surface area contributed by atoms with E-state index in [4.69, 9.17) is 11.6 Å². The van der Waals surface area contributed by atoms with Crippen LogP contribution in [0.5, 0.6) is 0 Å². The number of alkyl halides is 3. The molecule has 4 rings (SSSR count). The zero-order chi connectivity index (χ0) is 21.3. The minimum Gasteiger partial charge on any atom is -0.336 e. The maximum atomic E-state index is 13.9. The van der Waals surface area contributed by atoms with Gasteiger partial charge in [-0.25, -0.2) is 4.68 Å².